The van der Waals surface area contributed by atoms with Crippen LogP contribution in [-0.4, -0.2) is 57.3 Å². The third-order valence-electron chi connectivity index (χ3n) is 8.99. The Kier molecular flexibility index (Phi) is 13.9. The third-order valence-corrected chi connectivity index (χ3v) is 8.99. The maximum absolute atomic E-state index is 13.3. The van der Waals surface area contributed by atoms with Crippen LogP contribution in [0.5, 0.6) is 0 Å². The van der Waals surface area contributed by atoms with Crippen LogP contribution in [0.4, 0.5) is 0 Å². The van der Waals surface area contributed by atoms with E-state index in [-0.39, 0.29) is 42.3 Å². The zero-order chi connectivity index (χ0) is 30.9. The Bertz CT molecular complexity index is 953. The highest BCUT2D eigenvalue weighted by atomic mass is 16.6. The number of aliphatic hydroxyl groups is 3. The highest BCUT2D eigenvalue weighted by molar-refractivity contribution is 5.80. The van der Waals surface area contributed by atoms with Crippen LogP contribution in [0, 0.1) is 29.6 Å². The molecular weight excluding hydrogens is 520 g/mol. The molecule has 0 saturated heterocycles. The van der Waals surface area contributed by atoms with Gasteiger partial charge in [-0.05, 0) is 80.8 Å². The Morgan fingerprint density at radius 1 is 1.12 bits per heavy atom. The van der Waals surface area contributed by atoms with Crippen LogP contribution in [0.3, 0.4) is 0 Å². The summed E-state index contributed by atoms with van der Waals surface area (Å²) in [4.78, 5) is 25.6. The van der Waals surface area contributed by atoms with Gasteiger partial charge in [-0.15, -0.1) is 0 Å². The van der Waals surface area contributed by atoms with Crippen LogP contribution < -0.4 is 0 Å². The smallest absolute Gasteiger partial charge is 0.311 e. The summed E-state index contributed by atoms with van der Waals surface area (Å²) in [6.45, 7) is 15.6. The van der Waals surface area contributed by atoms with E-state index in [0.717, 1.165) is 30.4 Å². The Morgan fingerprint density at radius 3 is 2.44 bits per heavy atom. The van der Waals surface area contributed by atoms with Crippen molar-refractivity contribution >= 4 is 11.8 Å². The second-order valence-corrected chi connectivity index (χ2v) is 13.0. The van der Waals surface area contributed by atoms with Gasteiger partial charge in [-0.1, -0.05) is 65.8 Å². The number of Topliss-reactive ketones (excluding diaryl/α,β-unsaturated/α-hetero) is 1. The largest absolute Gasteiger partial charge is 0.462 e. The van der Waals surface area contributed by atoms with Crippen molar-refractivity contribution in [3.63, 3.8) is 0 Å². The number of carbonyl (C=O) groups is 2. The minimum absolute atomic E-state index is 0.0225. The molecule has 2 bridgehead atoms. The molecule has 41 heavy (non-hydrogen) atoms. The fourth-order valence-electron chi connectivity index (χ4n) is 6.41. The van der Waals surface area contributed by atoms with Crippen molar-refractivity contribution in [3.05, 3.63) is 35.5 Å². The SMILES string of the molecule is CCC(=O)[C@@H](C)[C@@H](O)[C@H](C)C[C@@H](C)[C@H]1OC(=O)C[C@@]2(O)CC=C(C)[C@H](O2)/C(C)=C/CCC[C@@H](O)/C=C/[C@H](C)C[C@H]1C. The van der Waals surface area contributed by atoms with Gasteiger partial charge in [0.05, 0.1) is 18.6 Å². The summed E-state index contributed by atoms with van der Waals surface area (Å²) < 4.78 is 12.2. The summed E-state index contributed by atoms with van der Waals surface area (Å²) in [6, 6.07) is 0. The van der Waals surface area contributed by atoms with Crippen molar-refractivity contribution < 1.29 is 34.4 Å². The molecule has 10 atom stereocenters. The first-order valence-electron chi connectivity index (χ1n) is 15.7. The Labute approximate surface area is 248 Å². The topological polar surface area (TPSA) is 113 Å². The number of cyclic esters (lactones) is 1. The zero-order valence-electron chi connectivity index (χ0n) is 26.6. The average molecular weight is 577 g/mol. The van der Waals surface area contributed by atoms with Crippen molar-refractivity contribution in [3.8, 4) is 0 Å². The molecule has 7 nitrogen and oxygen atoms in total. The van der Waals surface area contributed by atoms with E-state index in [9.17, 15) is 24.9 Å². The van der Waals surface area contributed by atoms with Crippen molar-refractivity contribution in [1.82, 2.24) is 0 Å². The molecule has 2 aliphatic rings. The van der Waals surface area contributed by atoms with Crippen molar-refractivity contribution in [1.29, 1.82) is 0 Å². The number of carbonyl (C=O) groups excluding carboxylic acids is 2. The standard InChI is InChI=1S/C34H56O7/c1-9-29(36)27(8)31(38)24(5)19-26(7)32-25(6)18-21(2)14-15-28(35)13-11-10-12-22(3)33-23(4)16-17-34(39,41-33)20-30(37)40-32/h12,14-16,21,24-28,31-33,35,38-39H,9-11,13,17-20H2,1-8H3/b15-14+,22-12+/t21-,24+,25+,26+,27+,28+,31-,32-,33+,34+/m0/s1. The van der Waals surface area contributed by atoms with Crippen LogP contribution in [0.2, 0.25) is 0 Å². The summed E-state index contributed by atoms with van der Waals surface area (Å²) in [6.07, 6.45) is 9.60. The van der Waals surface area contributed by atoms with E-state index in [4.69, 9.17) is 9.47 Å². The number of allylic oxidation sites excluding steroid dienone is 2. The van der Waals surface area contributed by atoms with E-state index in [1.807, 2.05) is 45.9 Å². The van der Waals surface area contributed by atoms with Crippen molar-refractivity contribution in [2.24, 2.45) is 29.6 Å². The maximum Gasteiger partial charge on any atom is 0.311 e. The van der Waals surface area contributed by atoms with E-state index in [1.165, 1.54) is 0 Å². The molecule has 3 N–H and O–H groups in total. The van der Waals surface area contributed by atoms with E-state index >= 15 is 0 Å². The maximum atomic E-state index is 13.3. The highest BCUT2D eigenvalue weighted by Crippen LogP contribution is 2.35. The van der Waals surface area contributed by atoms with Crippen LogP contribution in [0.1, 0.15) is 107 Å². The lowest BCUT2D eigenvalue weighted by Crippen LogP contribution is -2.44. The molecule has 0 aromatic carbocycles. The molecule has 234 valence electrons. The molecule has 7 heteroatoms. The van der Waals surface area contributed by atoms with Crippen LogP contribution in [0.25, 0.3) is 0 Å². The second-order valence-electron chi connectivity index (χ2n) is 13.0. The first-order valence-corrected chi connectivity index (χ1v) is 15.7. The Hall–Kier alpha value is -1.80. The Morgan fingerprint density at radius 2 is 1.78 bits per heavy atom. The van der Waals surface area contributed by atoms with Gasteiger partial charge in [-0.2, -0.15) is 0 Å². The number of ether oxygens (including phenoxy) is 2. The summed E-state index contributed by atoms with van der Waals surface area (Å²) in [5.74, 6) is -2.75. The minimum atomic E-state index is -1.66. The number of aliphatic hydroxyl groups excluding tert-OH is 2. The lowest BCUT2D eigenvalue weighted by Gasteiger charge is -2.38. The van der Waals surface area contributed by atoms with Crippen molar-refractivity contribution in [2.75, 3.05) is 0 Å². The normalized spacial score (nSPS) is 35.8. The number of hydrogen-bond acceptors (Lipinski definition) is 7. The molecule has 0 saturated carbocycles. The van der Waals surface area contributed by atoms with Gasteiger partial charge in [0.1, 0.15) is 18.0 Å². The first kappa shape index (κ1) is 35.4. The molecule has 0 aliphatic carbocycles. The van der Waals surface area contributed by atoms with Crippen LogP contribution in [0.15, 0.2) is 35.5 Å². The summed E-state index contributed by atoms with van der Waals surface area (Å²) in [5, 5.41) is 32.7. The lowest BCUT2D eigenvalue weighted by molar-refractivity contribution is -0.229. The zero-order valence-corrected chi connectivity index (χ0v) is 26.6. The summed E-state index contributed by atoms with van der Waals surface area (Å²) in [5.41, 5.74) is 1.96. The Balaban J connectivity index is 2.31. The van der Waals surface area contributed by atoms with Crippen LogP contribution >= 0.6 is 0 Å². The summed E-state index contributed by atoms with van der Waals surface area (Å²) >= 11 is 0. The van der Waals surface area contributed by atoms with Gasteiger partial charge in [0.15, 0.2) is 5.79 Å². The molecule has 2 heterocycles. The number of hydrogen-bond donors (Lipinski definition) is 3. The van der Waals surface area contributed by atoms with E-state index in [0.29, 0.717) is 19.3 Å². The first-order chi connectivity index (χ1) is 19.2. The summed E-state index contributed by atoms with van der Waals surface area (Å²) in [7, 11) is 0. The molecule has 0 radical (unpaired) electrons. The van der Waals surface area contributed by atoms with Gasteiger partial charge in [0.2, 0.25) is 0 Å². The minimum Gasteiger partial charge on any atom is -0.462 e. The molecule has 0 aromatic heterocycles. The molecule has 2 rings (SSSR count). The van der Waals surface area contributed by atoms with Crippen molar-refractivity contribution in [2.45, 2.75) is 137 Å². The van der Waals surface area contributed by atoms with Gasteiger partial charge < -0.3 is 24.8 Å². The van der Waals surface area contributed by atoms with Gasteiger partial charge in [-0.3, -0.25) is 9.59 Å². The highest BCUT2D eigenvalue weighted by Gasteiger charge is 2.40. The average Bonchev–Trinajstić information content (AvgIpc) is 2.92. The predicted molar refractivity (Wildman–Crippen MR) is 162 cm³/mol. The lowest BCUT2D eigenvalue weighted by atomic mass is 9.79. The molecular formula is C34H56O7. The van der Waals surface area contributed by atoms with E-state index in [1.54, 1.807) is 13.8 Å². The quantitative estimate of drug-likeness (QED) is 0.249. The predicted octanol–water partition coefficient (Wildman–Crippen LogP) is 6.06. The molecule has 0 spiro atoms. The molecule has 0 amide bonds. The monoisotopic (exact) mass is 576 g/mol. The van der Waals surface area contributed by atoms with Crippen LogP contribution in [-0.2, 0) is 19.1 Å². The third kappa shape index (κ3) is 10.8. The number of ketones is 1. The van der Waals surface area contributed by atoms with Gasteiger partial charge in [0.25, 0.3) is 0 Å². The number of esters is 1. The van der Waals surface area contributed by atoms with Gasteiger partial charge >= 0.3 is 5.97 Å². The van der Waals surface area contributed by atoms with Gasteiger partial charge in [0, 0.05) is 18.8 Å². The number of fused-ring (bicyclic) bond motifs is 2. The fourth-order valence-corrected chi connectivity index (χ4v) is 6.41. The molecule has 0 unspecified atom stereocenters. The van der Waals surface area contributed by atoms with E-state index in [2.05, 4.69) is 19.9 Å². The van der Waals surface area contributed by atoms with Gasteiger partial charge in [-0.25, -0.2) is 0 Å². The fraction of sp³-hybridized carbons (Fsp3) is 0.765. The molecule has 0 aromatic rings. The molecule has 2 aliphatic heterocycles. The molecule has 0 fully saturated rings. The second kappa shape index (κ2) is 16.2. The van der Waals surface area contributed by atoms with E-state index < -0.39 is 42.1 Å². The number of rotatable bonds is 7.